The third-order valence-corrected chi connectivity index (χ3v) is 2.91. The molecule has 0 atom stereocenters. The summed E-state index contributed by atoms with van der Waals surface area (Å²) >= 11 is 0. The summed E-state index contributed by atoms with van der Waals surface area (Å²) in [7, 11) is 0. The van der Waals surface area contributed by atoms with Crippen LogP contribution in [0.5, 0.6) is 5.75 Å². The van der Waals surface area contributed by atoms with Crippen molar-refractivity contribution in [2.45, 2.75) is 32.6 Å². The van der Waals surface area contributed by atoms with Gasteiger partial charge in [0.1, 0.15) is 5.75 Å². The Morgan fingerprint density at radius 1 is 1.14 bits per heavy atom. The van der Waals surface area contributed by atoms with Gasteiger partial charge in [0.05, 0.1) is 13.0 Å². The fourth-order valence-corrected chi connectivity index (χ4v) is 1.66. The number of amides is 1. The molecule has 1 amide bonds. The summed E-state index contributed by atoms with van der Waals surface area (Å²) < 4.78 is 10.9. The van der Waals surface area contributed by atoms with Crippen LogP contribution < -0.4 is 15.8 Å². The fourth-order valence-electron chi connectivity index (χ4n) is 1.66. The normalized spacial score (nSPS) is 10.3. The first kappa shape index (κ1) is 17.3. The number of nitrogens with two attached hydrogens (primary N) is 1. The third-order valence-electron chi connectivity index (χ3n) is 2.91. The van der Waals surface area contributed by atoms with E-state index in [9.17, 15) is 4.79 Å². The Bertz CT molecular complexity index is 393. The second-order valence-corrected chi connectivity index (χ2v) is 4.84. The number of hydrogen-bond donors (Lipinski definition) is 2. The molecule has 1 aromatic carbocycles. The van der Waals surface area contributed by atoms with E-state index in [0.29, 0.717) is 31.9 Å². The number of unbranched alkanes of at least 4 members (excludes halogenated alkanes) is 1. The van der Waals surface area contributed by atoms with Crippen LogP contribution in [0.1, 0.15) is 32.6 Å². The van der Waals surface area contributed by atoms with Gasteiger partial charge in [-0.1, -0.05) is 13.3 Å². The molecule has 0 aliphatic carbocycles. The van der Waals surface area contributed by atoms with Gasteiger partial charge in [-0.15, -0.1) is 0 Å². The van der Waals surface area contributed by atoms with Crippen LogP contribution in [-0.2, 0) is 9.53 Å². The molecule has 0 radical (unpaired) electrons. The van der Waals surface area contributed by atoms with E-state index in [2.05, 4.69) is 12.2 Å². The van der Waals surface area contributed by atoms with Gasteiger partial charge in [-0.2, -0.15) is 0 Å². The first-order valence-electron chi connectivity index (χ1n) is 7.55. The second kappa shape index (κ2) is 11.0. The molecule has 1 aromatic rings. The number of hydrogen-bond acceptors (Lipinski definition) is 4. The molecule has 0 fully saturated rings. The standard InChI is InChI=1S/C16H26N2O3/c1-2-3-11-20-12-4-10-18-16(19)9-13-21-15-7-5-14(17)6-8-15/h5-8H,2-4,9-13,17H2,1H3,(H,18,19). The molecule has 0 aliphatic rings. The second-order valence-electron chi connectivity index (χ2n) is 4.84. The zero-order valence-electron chi connectivity index (χ0n) is 12.8. The maximum absolute atomic E-state index is 11.6. The Kier molecular flexibility index (Phi) is 9.04. The lowest BCUT2D eigenvalue weighted by molar-refractivity contribution is -0.121. The van der Waals surface area contributed by atoms with Crippen LogP contribution in [0.15, 0.2) is 24.3 Å². The highest BCUT2D eigenvalue weighted by Crippen LogP contribution is 2.12. The molecular weight excluding hydrogens is 268 g/mol. The lowest BCUT2D eigenvalue weighted by Crippen LogP contribution is -2.26. The highest BCUT2D eigenvalue weighted by Gasteiger charge is 2.01. The van der Waals surface area contributed by atoms with Crippen molar-refractivity contribution in [3.8, 4) is 5.75 Å². The number of nitrogens with one attached hydrogen (secondary N) is 1. The fraction of sp³-hybridized carbons (Fsp3) is 0.562. The van der Waals surface area contributed by atoms with Crippen LogP contribution in [0.3, 0.4) is 0 Å². The van der Waals surface area contributed by atoms with E-state index in [4.69, 9.17) is 15.2 Å². The number of rotatable bonds is 11. The van der Waals surface area contributed by atoms with Crippen LogP contribution in [0, 0.1) is 0 Å². The van der Waals surface area contributed by atoms with Gasteiger partial charge in [0.25, 0.3) is 0 Å². The summed E-state index contributed by atoms with van der Waals surface area (Å²) in [5.41, 5.74) is 6.28. The molecule has 3 N–H and O–H groups in total. The van der Waals surface area contributed by atoms with E-state index in [1.807, 2.05) is 0 Å². The molecule has 5 heteroatoms. The molecular formula is C16H26N2O3. The Hall–Kier alpha value is -1.75. The van der Waals surface area contributed by atoms with Crippen LogP contribution in [0.2, 0.25) is 0 Å². The van der Waals surface area contributed by atoms with Gasteiger partial charge in [0.15, 0.2) is 0 Å². The van der Waals surface area contributed by atoms with Gasteiger partial charge in [-0.25, -0.2) is 0 Å². The lowest BCUT2D eigenvalue weighted by atomic mass is 10.3. The van der Waals surface area contributed by atoms with E-state index in [0.717, 1.165) is 31.6 Å². The van der Waals surface area contributed by atoms with E-state index in [1.54, 1.807) is 24.3 Å². The van der Waals surface area contributed by atoms with Crippen molar-refractivity contribution in [1.29, 1.82) is 0 Å². The Labute approximate surface area is 126 Å². The molecule has 0 spiro atoms. The van der Waals surface area contributed by atoms with Crippen molar-refractivity contribution in [3.63, 3.8) is 0 Å². The Morgan fingerprint density at radius 3 is 2.57 bits per heavy atom. The monoisotopic (exact) mass is 294 g/mol. The van der Waals surface area contributed by atoms with E-state index in [1.165, 1.54) is 0 Å². The minimum atomic E-state index is -0.000923. The molecule has 1 rings (SSSR count). The maximum Gasteiger partial charge on any atom is 0.223 e. The third kappa shape index (κ3) is 8.92. The zero-order valence-corrected chi connectivity index (χ0v) is 12.8. The van der Waals surface area contributed by atoms with Crippen molar-refractivity contribution < 1.29 is 14.3 Å². The van der Waals surface area contributed by atoms with Crippen molar-refractivity contribution in [2.24, 2.45) is 0 Å². The van der Waals surface area contributed by atoms with Gasteiger partial charge in [0.2, 0.25) is 5.91 Å². The first-order chi connectivity index (χ1) is 10.2. The molecule has 0 bridgehead atoms. The smallest absolute Gasteiger partial charge is 0.223 e. The quantitative estimate of drug-likeness (QED) is 0.485. The summed E-state index contributed by atoms with van der Waals surface area (Å²) in [4.78, 5) is 11.6. The highest BCUT2D eigenvalue weighted by molar-refractivity contribution is 5.75. The zero-order chi connectivity index (χ0) is 15.3. The van der Waals surface area contributed by atoms with Crippen molar-refractivity contribution in [3.05, 3.63) is 24.3 Å². The van der Waals surface area contributed by atoms with E-state index in [-0.39, 0.29) is 5.91 Å². The van der Waals surface area contributed by atoms with Gasteiger partial charge >= 0.3 is 0 Å². The van der Waals surface area contributed by atoms with E-state index < -0.39 is 0 Å². The predicted molar refractivity (Wildman–Crippen MR) is 84.3 cm³/mol. The van der Waals surface area contributed by atoms with E-state index >= 15 is 0 Å². The van der Waals surface area contributed by atoms with Crippen molar-refractivity contribution in [2.75, 3.05) is 32.1 Å². The van der Waals surface area contributed by atoms with Gasteiger partial charge in [-0.05, 0) is 37.1 Å². The molecule has 118 valence electrons. The number of nitrogen functional groups attached to an aromatic ring is 1. The van der Waals surface area contributed by atoms with Crippen molar-refractivity contribution >= 4 is 11.6 Å². The predicted octanol–water partition coefficient (Wildman–Crippen LogP) is 2.36. The minimum absolute atomic E-state index is 0.000923. The van der Waals surface area contributed by atoms with Gasteiger partial charge in [0, 0.05) is 25.4 Å². The molecule has 0 heterocycles. The SMILES string of the molecule is CCCCOCCCNC(=O)CCOc1ccc(N)cc1. The number of ether oxygens (including phenoxy) is 2. The number of carbonyl (C=O) groups is 1. The molecule has 5 nitrogen and oxygen atoms in total. The number of carbonyl (C=O) groups excluding carboxylic acids is 1. The van der Waals surface area contributed by atoms with Crippen molar-refractivity contribution in [1.82, 2.24) is 5.32 Å². The van der Waals surface area contributed by atoms with Gasteiger partial charge in [-0.3, -0.25) is 4.79 Å². The average Bonchev–Trinajstić information content (AvgIpc) is 2.48. The molecule has 0 aromatic heterocycles. The summed E-state index contributed by atoms with van der Waals surface area (Å²) in [5, 5.41) is 2.85. The first-order valence-corrected chi connectivity index (χ1v) is 7.55. The summed E-state index contributed by atoms with van der Waals surface area (Å²) in [6.45, 7) is 4.65. The number of benzene rings is 1. The maximum atomic E-state index is 11.6. The molecule has 21 heavy (non-hydrogen) atoms. The van der Waals surface area contributed by atoms with Gasteiger partial charge < -0.3 is 20.5 Å². The molecule has 0 aliphatic heterocycles. The minimum Gasteiger partial charge on any atom is -0.493 e. The largest absolute Gasteiger partial charge is 0.493 e. The molecule has 0 saturated carbocycles. The topological polar surface area (TPSA) is 73.6 Å². The summed E-state index contributed by atoms with van der Waals surface area (Å²) in [6.07, 6.45) is 3.43. The van der Waals surface area contributed by atoms with Crippen LogP contribution in [0.25, 0.3) is 0 Å². The molecule has 0 unspecified atom stereocenters. The number of anilines is 1. The average molecular weight is 294 g/mol. The highest BCUT2D eigenvalue weighted by atomic mass is 16.5. The summed E-state index contributed by atoms with van der Waals surface area (Å²) in [6, 6.07) is 7.13. The van der Waals surface area contributed by atoms with Crippen LogP contribution >= 0.6 is 0 Å². The molecule has 0 saturated heterocycles. The van der Waals surface area contributed by atoms with Crippen LogP contribution in [0.4, 0.5) is 5.69 Å². The Morgan fingerprint density at radius 2 is 1.86 bits per heavy atom. The van der Waals surface area contributed by atoms with Crippen LogP contribution in [-0.4, -0.2) is 32.3 Å². The summed E-state index contributed by atoms with van der Waals surface area (Å²) in [5.74, 6) is 0.723. The Balaban J connectivity index is 1.97. The lowest BCUT2D eigenvalue weighted by Gasteiger charge is -2.08.